The molecular formula is C21H27N3O4S. The van der Waals surface area contributed by atoms with Crippen LogP contribution in [0, 0.1) is 27.7 Å². The van der Waals surface area contributed by atoms with Crippen molar-refractivity contribution in [1.82, 2.24) is 14.5 Å². The lowest BCUT2D eigenvalue weighted by molar-refractivity contribution is 0.335. The van der Waals surface area contributed by atoms with Gasteiger partial charge in [0, 0.05) is 12.2 Å². The van der Waals surface area contributed by atoms with Crippen LogP contribution in [0.15, 0.2) is 45.9 Å². The highest BCUT2D eigenvalue weighted by Crippen LogP contribution is 2.27. The molecule has 0 aliphatic rings. The lowest BCUT2D eigenvalue weighted by Gasteiger charge is -2.19. The maximum atomic E-state index is 13.0. The minimum atomic E-state index is -3.73. The van der Waals surface area contributed by atoms with Gasteiger partial charge in [0.15, 0.2) is 0 Å². The molecule has 3 aromatic rings. The molecule has 7 nitrogen and oxygen atoms in total. The van der Waals surface area contributed by atoms with Crippen molar-refractivity contribution >= 4 is 10.0 Å². The fourth-order valence-electron chi connectivity index (χ4n) is 3.46. The summed E-state index contributed by atoms with van der Waals surface area (Å²) in [7, 11) is -3.73. The van der Waals surface area contributed by atoms with Crippen molar-refractivity contribution in [3.63, 3.8) is 0 Å². The molecule has 1 aromatic carbocycles. The Kier molecular flexibility index (Phi) is 6.14. The molecule has 2 aromatic heterocycles. The van der Waals surface area contributed by atoms with Gasteiger partial charge in [0.25, 0.3) is 0 Å². The van der Waals surface area contributed by atoms with Crippen LogP contribution in [0.5, 0.6) is 5.75 Å². The summed E-state index contributed by atoms with van der Waals surface area (Å²) in [5, 5.41) is 4.51. The number of sulfonamides is 1. The molecule has 0 spiro atoms. The van der Waals surface area contributed by atoms with E-state index in [2.05, 4.69) is 9.82 Å². The quantitative estimate of drug-likeness (QED) is 0.604. The molecule has 3 rings (SSSR count). The van der Waals surface area contributed by atoms with E-state index in [1.807, 2.05) is 46.8 Å². The molecule has 1 N–H and O–H groups in total. The van der Waals surface area contributed by atoms with E-state index in [9.17, 15) is 8.42 Å². The van der Waals surface area contributed by atoms with Gasteiger partial charge in [-0.05, 0) is 76.1 Å². The summed E-state index contributed by atoms with van der Waals surface area (Å²) in [6.07, 6.45) is 1.57. The normalized spacial score (nSPS) is 12.9. The number of benzene rings is 1. The first-order chi connectivity index (χ1) is 13.7. The Morgan fingerprint density at radius 3 is 2.38 bits per heavy atom. The number of hydrogen-bond donors (Lipinski definition) is 1. The van der Waals surface area contributed by atoms with Crippen LogP contribution in [0.2, 0.25) is 0 Å². The molecule has 156 valence electrons. The fraction of sp³-hybridized carbons (Fsp3) is 0.381. The first-order valence-corrected chi connectivity index (χ1v) is 11.0. The zero-order valence-corrected chi connectivity index (χ0v) is 18.2. The highest BCUT2D eigenvalue weighted by Gasteiger charge is 2.24. The fourth-order valence-corrected chi connectivity index (χ4v) is 4.67. The number of ether oxygens (including phenoxy) is 1. The second-order valence-electron chi connectivity index (χ2n) is 7.07. The average molecular weight is 418 g/mol. The Hall–Kier alpha value is -2.58. The Morgan fingerprint density at radius 2 is 1.86 bits per heavy atom. The van der Waals surface area contributed by atoms with Gasteiger partial charge in [-0.15, -0.1) is 0 Å². The molecule has 2 heterocycles. The molecular weight excluding hydrogens is 390 g/mol. The molecule has 0 amide bonds. The van der Waals surface area contributed by atoms with Crippen molar-refractivity contribution in [2.75, 3.05) is 13.2 Å². The number of rotatable bonds is 8. The van der Waals surface area contributed by atoms with E-state index in [1.54, 1.807) is 29.1 Å². The third kappa shape index (κ3) is 4.54. The predicted octanol–water partition coefficient (Wildman–Crippen LogP) is 3.68. The number of nitrogens with zero attached hydrogens (tertiary/aromatic N) is 2. The van der Waals surface area contributed by atoms with Crippen LogP contribution in [-0.4, -0.2) is 31.3 Å². The van der Waals surface area contributed by atoms with Crippen LogP contribution in [0.1, 0.15) is 41.2 Å². The Labute approximate surface area is 171 Å². The molecule has 0 fully saturated rings. The first kappa shape index (κ1) is 21.1. The van der Waals surface area contributed by atoms with E-state index in [1.165, 1.54) is 0 Å². The molecule has 0 saturated carbocycles. The second-order valence-corrected chi connectivity index (χ2v) is 8.84. The van der Waals surface area contributed by atoms with Crippen LogP contribution in [0.25, 0.3) is 0 Å². The predicted molar refractivity (Wildman–Crippen MR) is 111 cm³/mol. The molecule has 29 heavy (non-hydrogen) atoms. The van der Waals surface area contributed by atoms with Crippen molar-refractivity contribution in [1.29, 1.82) is 0 Å². The van der Waals surface area contributed by atoms with Gasteiger partial charge in [-0.1, -0.05) is 0 Å². The highest BCUT2D eigenvalue weighted by atomic mass is 32.2. The summed E-state index contributed by atoms with van der Waals surface area (Å²) < 4.78 is 41.6. The lowest BCUT2D eigenvalue weighted by atomic mass is 10.1. The van der Waals surface area contributed by atoms with Crippen LogP contribution in [-0.2, 0) is 10.0 Å². The van der Waals surface area contributed by atoms with E-state index in [-0.39, 0.29) is 11.4 Å². The zero-order chi connectivity index (χ0) is 21.2. The monoisotopic (exact) mass is 417 g/mol. The zero-order valence-electron chi connectivity index (χ0n) is 17.4. The van der Waals surface area contributed by atoms with Gasteiger partial charge in [0.2, 0.25) is 10.0 Å². The van der Waals surface area contributed by atoms with Gasteiger partial charge < -0.3 is 9.15 Å². The minimum absolute atomic E-state index is 0.114. The van der Waals surface area contributed by atoms with Crippen LogP contribution in [0.3, 0.4) is 0 Å². The largest absolute Gasteiger partial charge is 0.493 e. The Balaban J connectivity index is 1.88. The van der Waals surface area contributed by atoms with E-state index in [4.69, 9.17) is 9.15 Å². The van der Waals surface area contributed by atoms with Crippen LogP contribution in [0.4, 0.5) is 0 Å². The van der Waals surface area contributed by atoms with E-state index < -0.39 is 16.1 Å². The third-order valence-electron chi connectivity index (χ3n) is 4.71. The van der Waals surface area contributed by atoms with Gasteiger partial charge in [-0.2, -0.15) is 5.10 Å². The van der Waals surface area contributed by atoms with Crippen molar-refractivity contribution in [2.24, 2.45) is 0 Å². The van der Waals surface area contributed by atoms with Gasteiger partial charge in [-0.3, -0.25) is 4.68 Å². The number of nitrogens with one attached hydrogen (secondary N) is 1. The van der Waals surface area contributed by atoms with Crippen molar-refractivity contribution in [3.8, 4) is 5.75 Å². The molecule has 1 unspecified atom stereocenters. The standard InChI is InChI=1S/C21H27N3O4S/c1-6-27-21-14(2)10-18(11-15(21)3)29(25,26)22-13-19(20-8-7-9-28-20)24-17(5)12-16(4)23-24/h7-12,19,22H,6,13H2,1-5H3. The SMILES string of the molecule is CCOc1c(C)cc(S(=O)(=O)NCC(c2ccco2)n2nc(C)cc2C)cc1C. The summed E-state index contributed by atoms with van der Waals surface area (Å²) in [4.78, 5) is 0.211. The lowest BCUT2D eigenvalue weighted by Crippen LogP contribution is -2.32. The van der Waals surface area contributed by atoms with Gasteiger partial charge in [0.05, 0.1) is 23.5 Å². The van der Waals surface area contributed by atoms with E-state index in [0.29, 0.717) is 12.4 Å². The Morgan fingerprint density at radius 1 is 1.17 bits per heavy atom. The van der Waals surface area contributed by atoms with E-state index in [0.717, 1.165) is 28.3 Å². The van der Waals surface area contributed by atoms with E-state index >= 15 is 0 Å². The molecule has 0 radical (unpaired) electrons. The first-order valence-electron chi connectivity index (χ1n) is 9.52. The van der Waals surface area contributed by atoms with Crippen molar-refractivity contribution in [3.05, 3.63) is 64.9 Å². The minimum Gasteiger partial charge on any atom is -0.493 e. The van der Waals surface area contributed by atoms with Crippen LogP contribution < -0.4 is 9.46 Å². The summed E-state index contributed by atoms with van der Waals surface area (Å²) in [6, 6.07) is 8.42. The summed E-state index contributed by atoms with van der Waals surface area (Å²) >= 11 is 0. The van der Waals surface area contributed by atoms with Gasteiger partial charge in [-0.25, -0.2) is 13.1 Å². The number of hydrogen-bond acceptors (Lipinski definition) is 5. The topological polar surface area (TPSA) is 86.4 Å². The van der Waals surface area contributed by atoms with Gasteiger partial charge in [0.1, 0.15) is 17.6 Å². The summed E-state index contributed by atoms with van der Waals surface area (Å²) in [5.74, 6) is 1.36. The molecule has 8 heteroatoms. The Bertz CT molecular complexity index is 1060. The molecule has 0 aliphatic heterocycles. The van der Waals surface area contributed by atoms with Crippen LogP contribution >= 0.6 is 0 Å². The number of aromatic nitrogens is 2. The third-order valence-corrected chi connectivity index (χ3v) is 6.11. The maximum Gasteiger partial charge on any atom is 0.240 e. The highest BCUT2D eigenvalue weighted by molar-refractivity contribution is 7.89. The maximum absolute atomic E-state index is 13.0. The molecule has 0 saturated heterocycles. The molecule has 0 aliphatic carbocycles. The number of furan rings is 1. The smallest absolute Gasteiger partial charge is 0.240 e. The second kappa shape index (κ2) is 8.42. The van der Waals surface area contributed by atoms with Crippen molar-refractivity contribution < 1.29 is 17.6 Å². The summed E-state index contributed by atoms with van der Waals surface area (Å²) in [5.41, 5.74) is 3.36. The van der Waals surface area contributed by atoms with Crippen molar-refractivity contribution in [2.45, 2.75) is 45.6 Å². The summed E-state index contributed by atoms with van der Waals surface area (Å²) in [6.45, 7) is 10.1. The average Bonchev–Trinajstić information content (AvgIpc) is 3.28. The van der Waals surface area contributed by atoms with Gasteiger partial charge >= 0.3 is 0 Å². The molecule has 1 atom stereocenters. The number of aryl methyl sites for hydroxylation is 4. The molecule has 0 bridgehead atoms.